The van der Waals surface area contributed by atoms with Crippen molar-refractivity contribution in [1.29, 1.82) is 0 Å². The molecule has 1 aliphatic carbocycles. The molecule has 0 spiro atoms. The van der Waals surface area contributed by atoms with Crippen LogP contribution in [0.1, 0.15) is 67.1 Å². The third kappa shape index (κ3) is 6.71. The largest absolute Gasteiger partial charge is 0.488 e. The summed E-state index contributed by atoms with van der Waals surface area (Å²) in [5.41, 5.74) is -2.52. The first-order chi connectivity index (χ1) is 19.0. The van der Waals surface area contributed by atoms with Crippen LogP contribution in [0.2, 0.25) is 0 Å². The molecule has 0 radical (unpaired) electrons. The van der Waals surface area contributed by atoms with Crippen LogP contribution in [0, 0.1) is 5.95 Å². The molecule has 2 heterocycles. The highest BCUT2D eigenvalue weighted by Crippen LogP contribution is 2.46. The van der Waals surface area contributed by atoms with E-state index in [1.54, 1.807) is 4.90 Å². The molecule has 4 rings (SSSR count). The number of pyridine rings is 1. The van der Waals surface area contributed by atoms with E-state index in [9.17, 15) is 44.7 Å². The van der Waals surface area contributed by atoms with Gasteiger partial charge < -0.3 is 14.7 Å². The Labute approximate surface area is 233 Å². The van der Waals surface area contributed by atoms with Crippen molar-refractivity contribution in [3.8, 4) is 5.75 Å². The molecule has 1 aliphatic heterocycles. The van der Waals surface area contributed by atoms with Gasteiger partial charge in [0.25, 0.3) is 0 Å². The second kappa shape index (κ2) is 11.3. The molecule has 8 nitrogen and oxygen atoms in total. The maximum Gasteiger partial charge on any atom is 0.420 e. The summed E-state index contributed by atoms with van der Waals surface area (Å²) in [5.74, 6) is -6.72. The molecule has 0 bridgehead atoms. The fourth-order valence-corrected chi connectivity index (χ4v) is 6.86. The molecule has 0 saturated heterocycles. The number of hydrogen-bond donors (Lipinski definition) is 1. The third-order valence-electron chi connectivity index (χ3n) is 7.47. The number of carbonyl (C=O) groups is 1. The van der Waals surface area contributed by atoms with E-state index in [4.69, 9.17) is 4.74 Å². The van der Waals surface area contributed by atoms with Gasteiger partial charge in [0.15, 0.2) is 5.69 Å². The van der Waals surface area contributed by atoms with Crippen LogP contribution in [0.3, 0.4) is 0 Å². The Morgan fingerprint density at radius 2 is 1.80 bits per heavy atom. The van der Waals surface area contributed by atoms with Crippen molar-refractivity contribution >= 4 is 21.7 Å². The maximum atomic E-state index is 14.3. The highest BCUT2D eigenvalue weighted by atomic mass is 32.2. The summed E-state index contributed by atoms with van der Waals surface area (Å²) in [4.78, 5) is 15.8. The minimum atomic E-state index is -5.01. The van der Waals surface area contributed by atoms with Crippen LogP contribution in [-0.2, 0) is 22.8 Å². The Morgan fingerprint density at radius 3 is 2.39 bits per heavy atom. The van der Waals surface area contributed by atoms with Crippen LogP contribution < -0.4 is 9.64 Å². The van der Waals surface area contributed by atoms with Gasteiger partial charge in [0, 0.05) is 43.7 Å². The molecule has 15 heteroatoms. The van der Waals surface area contributed by atoms with Crippen LogP contribution in [0.25, 0.3) is 0 Å². The number of nitrogens with zero attached hydrogens (tertiary/aromatic N) is 3. The minimum absolute atomic E-state index is 0.0792. The van der Waals surface area contributed by atoms with Gasteiger partial charge in [-0.05, 0) is 44.4 Å². The van der Waals surface area contributed by atoms with Crippen molar-refractivity contribution < 1.29 is 49.4 Å². The number of anilines is 1. The number of benzene rings is 1. The minimum Gasteiger partial charge on any atom is -0.488 e. The summed E-state index contributed by atoms with van der Waals surface area (Å²) in [7, 11) is -3.28. The van der Waals surface area contributed by atoms with E-state index >= 15 is 0 Å². The number of carboxylic acid groups (broad SMARTS) is 1. The van der Waals surface area contributed by atoms with E-state index in [1.165, 1.54) is 7.05 Å². The quantitative estimate of drug-likeness (QED) is 0.303. The Morgan fingerprint density at radius 1 is 1.15 bits per heavy atom. The lowest BCUT2D eigenvalue weighted by Gasteiger charge is -2.34. The topological polar surface area (TPSA) is 100 Å². The predicted octanol–water partition coefficient (Wildman–Crippen LogP) is 5.70. The molecule has 0 amide bonds. The van der Waals surface area contributed by atoms with Crippen LogP contribution in [0.5, 0.6) is 5.75 Å². The van der Waals surface area contributed by atoms with Crippen molar-refractivity contribution in [1.82, 2.24) is 9.29 Å². The number of rotatable bonds is 8. The van der Waals surface area contributed by atoms with Crippen molar-refractivity contribution in [2.75, 3.05) is 18.5 Å². The highest BCUT2D eigenvalue weighted by molar-refractivity contribution is 7.89. The smallest absolute Gasteiger partial charge is 0.420 e. The molecule has 1 aromatic heterocycles. The molecule has 0 unspecified atom stereocenters. The van der Waals surface area contributed by atoms with E-state index in [-0.39, 0.29) is 30.3 Å². The maximum absolute atomic E-state index is 14.3. The van der Waals surface area contributed by atoms with Gasteiger partial charge in [-0.3, -0.25) is 0 Å². The molecular formula is C26H29F6N3O5S. The number of hydrogen-bond acceptors (Lipinski definition) is 6. The molecule has 1 aromatic carbocycles. The van der Waals surface area contributed by atoms with Crippen molar-refractivity contribution in [2.24, 2.45) is 0 Å². The lowest BCUT2D eigenvalue weighted by molar-refractivity contribution is -0.139. The van der Waals surface area contributed by atoms with Crippen LogP contribution in [0.15, 0.2) is 29.2 Å². The summed E-state index contributed by atoms with van der Waals surface area (Å²) < 4.78 is 118. The van der Waals surface area contributed by atoms with E-state index < -0.39 is 75.0 Å². The number of fused-ring (bicyclic) bond motifs is 1. The van der Waals surface area contributed by atoms with E-state index in [0.717, 1.165) is 35.3 Å². The van der Waals surface area contributed by atoms with Gasteiger partial charge in [0.05, 0.1) is 11.3 Å². The van der Waals surface area contributed by atoms with E-state index in [2.05, 4.69) is 4.98 Å². The van der Waals surface area contributed by atoms with E-state index in [1.807, 2.05) is 0 Å². The number of aromatic carboxylic acids is 1. The zero-order valence-corrected chi connectivity index (χ0v) is 23.0. The van der Waals surface area contributed by atoms with Gasteiger partial charge in [0.1, 0.15) is 17.3 Å². The van der Waals surface area contributed by atoms with Gasteiger partial charge in [-0.15, -0.1) is 0 Å². The van der Waals surface area contributed by atoms with Crippen LogP contribution in [-0.4, -0.2) is 60.4 Å². The summed E-state index contributed by atoms with van der Waals surface area (Å²) in [6, 6.07) is 1.98. The second-order valence-corrected chi connectivity index (χ2v) is 12.4. The fourth-order valence-electron chi connectivity index (χ4n) is 5.29. The first-order valence-corrected chi connectivity index (χ1v) is 14.3. The molecule has 1 atom stereocenters. The summed E-state index contributed by atoms with van der Waals surface area (Å²) >= 11 is 0. The SMILES string of the molecule is CN1[C@H](CCC(C)(F)F)CN(C2CCCC2)c2cc(C(F)(F)F)c(OCc3ccc(F)nc3C(=O)O)cc2S1(=O)=O. The number of alkyl halides is 5. The lowest BCUT2D eigenvalue weighted by atomic mass is 10.0. The molecule has 1 saturated carbocycles. The third-order valence-corrected chi connectivity index (χ3v) is 9.41. The zero-order chi connectivity index (χ0) is 30.3. The fraction of sp³-hybridized carbons (Fsp3) is 0.538. The van der Waals surface area contributed by atoms with Crippen molar-refractivity contribution in [2.45, 2.75) is 81.1 Å². The molecule has 226 valence electrons. The molecular weight excluding hydrogens is 580 g/mol. The Balaban J connectivity index is 1.83. The Kier molecular flexibility index (Phi) is 8.52. The average Bonchev–Trinajstić information content (AvgIpc) is 3.38. The Hall–Kier alpha value is -3.07. The monoisotopic (exact) mass is 609 g/mol. The first kappa shape index (κ1) is 30.9. The number of aromatic nitrogens is 1. The predicted molar refractivity (Wildman–Crippen MR) is 135 cm³/mol. The zero-order valence-electron chi connectivity index (χ0n) is 22.2. The average molecular weight is 610 g/mol. The highest BCUT2D eigenvalue weighted by Gasteiger charge is 2.43. The lowest BCUT2D eigenvalue weighted by Crippen LogP contribution is -2.45. The van der Waals surface area contributed by atoms with Crippen LogP contribution >= 0.6 is 0 Å². The molecule has 1 N–H and O–H groups in total. The summed E-state index contributed by atoms with van der Waals surface area (Å²) in [6.45, 7) is -0.148. The van der Waals surface area contributed by atoms with Crippen LogP contribution in [0.4, 0.5) is 32.0 Å². The Bertz CT molecular complexity index is 1410. The second-order valence-electron chi connectivity index (χ2n) is 10.4. The molecule has 41 heavy (non-hydrogen) atoms. The molecule has 1 fully saturated rings. The van der Waals surface area contributed by atoms with Gasteiger partial charge >= 0.3 is 12.1 Å². The summed E-state index contributed by atoms with van der Waals surface area (Å²) in [6.07, 6.45) is -3.10. The van der Waals surface area contributed by atoms with Crippen molar-refractivity contribution in [3.05, 3.63) is 47.0 Å². The van der Waals surface area contributed by atoms with Gasteiger partial charge in [0.2, 0.25) is 21.9 Å². The first-order valence-electron chi connectivity index (χ1n) is 12.9. The van der Waals surface area contributed by atoms with E-state index in [0.29, 0.717) is 25.8 Å². The van der Waals surface area contributed by atoms with Gasteiger partial charge in [-0.1, -0.05) is 12.8 Å². The number of halogens is 6. The van der Waals surface area contributed by atoms with Gasteiger partial charge in [-0.25, -0.2) is 27.0 Å². The van der Waals surface area contributed by atoms with Crippen molar-refractivity contribution in [3.63, 3.8) is 0 Å². The number of carboxylic acids is 1. The number of ether oxygens (including phenoxy) is 1. The summed E-state index contributed by atoms with van der Waals surface area (Å²) in [5, 5.41) is 9.31. The molecule has 2 aliphatic rings. The molecule has 2 aromatic rings. The standard InChI is InChI=1S/C26H29F6N3O5S/c1-25(28,29)10-9-17-13-35(16-5-3-4-6-16)19-11-18(26(30,31)32)20(12-21(19)41(38,39)34(17)2)40-14-15-7-8-22(27)33-23(15)24(36)37/h7-8,11-12,16-17H,3-6,9-10,13-14H2,1-2H3,(H,36,37)/t17-/m1/s1. The number of likely N-dealkylation sites (N-methyl/N-ethyl adjacent to an activating group) is 1. The van der Waals surface area contributed by atoms with Gasteiger partial charge in [-0.2, -0.15) is 21.9 Å². The number of sulfonamides is 1. The normalized spacial score (nSPS) is 20.1.